The van der Waals surface area contributed by atoms with Crippen molar-refractivity contribution in [2.24, 2.45) is 0 Å². The number of ether oxygens (including phenoxy) is 2. The van der Waals surface area contributed by atoms with Crippen molar-refractivity contribution in [2.45, 2.75) is 69.4 Å². The highest BCUT2D eigenvalue weighted by atomic mass is 79.9. The summed E-state index contributed by atoms with van der Waals surface area (Å²) in [5.74, 6) is 0.103. The van der Waals surface area contributed by atoms with E-state index in [2.05, 4.69) is 41.1 Å². The van der Waals surface area contributed by atoms with Crippen LogP contribution < -0.4 is 0 Å². The van der Waals surface area contributed by atoms with Crippen LogP contribution >= 0.6 is 15.9 Å². The van der Waals surface area contributed by atoms with Crippen molar-refractivity contribution < 1.29 is 14.3 Å². The van der Waals surface area contributed by atoms with Gasteiger partial charge in [0.05, 0.1) is 0 Å². The number of aryl methyl sites for hydroxylation is 1. The minimum absolute atomic E-state index is 0.103. The highest BCUT2D eigenvalue weighted by molar-refractivity contribution is 9.10. The SMILES string of the molecule is CCc1cc(Br)ccc1C1OC12C(=O)C1(C=CCCC1)OC2(C)C. The molecule has 3 aliphatic rings. The van der Waals surface area contributed by atoms with Crippen molar-refractivity contribution in [2.75, 3.05) is 0 Å². The van der Waals surface area contributed by atoms with Gasteiger partial charge in [0, 0.05) is 4.47 Å². The molecule has 2 spiro atoms. The summed E-state index contributed by atoms with van der Waals surface area (Å²) in [6, 6.07) is 6.22. The van der Waals surface area contributed by atoms with Gasteiger partial charge in [0.1, 0.15) is 17.3 Å². The number of hydrogen-bond acceptors (Lipinski definition) is 3. The number of halogens is 1. The molecule has 0 amide bonds. The van der Waals surface area contributed by atoms with Crippen LogP contribution in [0.15, 0.2) is 34.8 Å². The van der Waals surface area contributed by atoms with Gasteiger partial charge in [-0.3, -0.25) is 4.79 Å². The number of rotatable bonds is 2. The first-order chi connectivity index (χ1) is 11.4. The van der Waals surface area contributed by atoms with Gasteiger partial charge in [-0.05, 0) is 68.9 Å². The van der Waals surface area contributed by atoms with Gasteiger partial charge in [-0.1, -0.05) is 35.0 Å². The fourth-order valence-corrected chi connectivity index (χ4v) is 4.89. The first-order valence-electron chi connectivity index (χ1n) is 8.75. The lowest BCUT2D eigenvalue weighted by Crippen LogP contribution is -2.42. The lowest BCUT2D eigenvalue weighted by atomic mass is 9.77. The number of epoxide rings is 1. The third-order valence-electron chi connectivity index (χ3n) is 5.74. The molecule has 0 saturated carbocycles. The predicted molar refractivity (Wildman–Crippen MR) is 96.0 cm³/mol. The molecule has 0 bridgehead atoms. The molecule has 128 valence electrons. The molecule has 4 rings (SSSR count). The van der Waals surface area contributed by atoms with Crippen molar-refractivity contribution >= 4 is 21.7 Å². The molecule has 1 aliphatic carbocycles. The van der Waals surface area contributed by atoms with Gasteiger partial charge in [0.25, 0.3) is 0 Å². The van der Waals surface area contributed by atoms with Crippen LogP contribution in [0.25, 0.3) is 0 Å². The summed E-state index contributed by atoms with van der Waals surface area (Å²) in [4.78, 5) is 13.4. The van der Waals surface area contributed by atoms with Gasteiger partial charge in [-0.15, -0.1) is 0 Å². The van der Waals surface area contributed by atoms with E-state index in [1.807, 2.05) is 26.0 Å². The largest absolute Gasteiger partial charge is 0.353 e. The Morgan fingerprint density at radius 2 is 2.12 bits per heavy atom. The number of allylic oxidation sites excluding steroid dienone is 1. The zero-order valence-corrected chi connectivity index (χ0v) is 16.0. The Morgan fingerprint density at radius 3 is 2.79 bits per heavy atom. The summed E-state index contributed by atoms with van der Waals surface area (Å²) in [6.45, 7) is 6.11. The lowest BCUT2D eigenvalue weighted by Gasteiger charge is -2.29. The summed E-state index contributed by atoms with van der Waals surface area (Å²) in [7, 11) is 0. The molecule has 0 N–H and O–H groups in total. The van der Waals surface area contributed by atoms with E-state index < -0.39 is 16.8 Å². The number of carbonyl (C=O) groups is 1. The quantitative estimate of drug-likeness (QED) is 0.543. The zero-order chi connectivity index (χ0) is 17.2. The number of carbonyl (C=O) groups excluding carboxylic acids is 1. The van der Waals surface area contributed by atoms with E-state index in [1.54, 1.807) is 0 Å². The fourth-order valence-electron chi connectivity index (χ4n) is 4.48. The van der Waals surface area contributed by atoms with E-state index in [4.69, 9.17) is 9.47 Å². The maximum atomic E-state index is 13.4. The Balaban J connectivity index is 1.76. The van der Waals surface area contributed by atoms with Crippen molar-refractivity contribution in [3.05, 3.63) is 46.0 Å². The molecule has 0 radical (unpaired) electrons. The standard InChI is InChI=1S/C20H23BrO3/c1-4-13-12-14(21)8-9-15(13)16-20(23-16)17(22)19(24-18(20,2)3)10-6-5-7-11-19/h6,8-10,12,16H,4-5,7,11H2,1-3H3. The summed E-state index contributed by atoms with van der Waals surface area (Å²) >= 11 is 3.53. The molecule has 3 atom stereocenters. The van der Waals surface area contributed by atoms with Crippen LogP contribution in [0, 0.1) is 0 Å². The maximum Gasteiger partial charge on any atom is 0.206 e. The average Bonchev–Trinajstić information content (AvgIpc) is 3.28. The smallest absolute Gasteiger partial charge is 0.206 e. The van der Waals surface area contributed by atoms with Crippen molar-refractivity contribution in [1.29, 1.82) is 0 Å². The number of hydrogen-bond donors (Lipinski definition) is 0. The van der Waals surface area contributed by atoms with Crippen molar-refractivity contribution in [3.63, 3.8) is 0 Å². The molecule has 3 nitrogen and oxygen atoms in total. The van der Waals surface area contributed by atoms with Crippen LogP contribution in [0.4, 0.5) is 0 Å². The maximum absolute atomic E-state index is 13.4. The molecule has 1 aromatic rings. The van der Waals surface area contributed by atoms with Crippen LogP contribution in [-0.2, 0) is 20.7 Å². The Labute approximate surface area is 151 Å². The second-order valence-corrected chi connectivity index (χ2v) is 8.47. The van der Waals surface area contributed by atoms with Crippen LogP contribution in [0.3, 0.4) is 0 Å². The summed E-state index contributed by atoms with van der Waals surface area (Å²) in [5, 5.41) is 0. The topological polar surface area (TPSA) is 38.8 Å². The van der Waals surface area contributed by atoms with Gasteiger partial charge in [0.2, 0.25) is 5.78 Å². The average molecular weight is 391 g/mol. The first-order valence-corrected chi connectivity index (χ1v) is 9.54. The number of ketones is 1. The van der Waals surface area contributed by atoms with Gasteiger partial charge in [0.15, 0.2) is 5.60 Å². The van der Waals surface area contributed by atoms with Gasteiger partial charge < -0.3 is 9.47 Å². The molecule has 4 heteroatoms. The Kier molecular flexibility index (Phi) is 3.62. The van der Waals surface area contributed by atoms with Crippen LogP contribution in [0.1, 0.15) is 57.3 Å². The lowest BCUT2D eigenvalue weighted by molar-refractivity contribution is -0.132. The van der Waals surface area contributed by atoms with Gasteiger partial charge in [-0.2, -0.15) is 0 Å². The third-order valence-corrected chi connectivity index (χ3v) is 6.24. The van der Waals surface area contributed by atoms with E-state index in [1.165, 1.54) is 5.56 Å². The second-order valence-electron chi connectivity index (χ2n) is 7.56. The third kappa shape index (κ3) is 2.06. The van der Waals surface area contributed by atoms with E-state index in [9.17, 15) is 4.79 Å². The normalized spacial score (nSPS) is 36.7. The minimum Gasteiger partial charge on any atom is -0.353 e. The highest BCUT2D eigenvalue weighted by Gasteiger charge is 2.80. The molecule has 2 fully saturated rings. The Hall–Kier alpha value is -0.970. The van der Waals surface area contributed by atoms with Gasteiger partial charge >= 0.3 is 0 Å². The minimum atomic E-state index is -0.855. The summed E-state index contributed by atoms with van der Waals surface area (Å²) in [6.07, 6.45) is 7.50. The zero-order valence-electron chi connectivity index (χ0n) is 14.4. The van der Waals surface area contributed by atoms with Crippen molar-refractivity contribution in [1.82, 2.24) is 0 Å². The predicted octanol–water partition coefficient (Wildman–Crippen LogP) is 4.68. The Bertz CT molecular complexity index is 738. The van der Waals surface area contributed by atoms with E-state index >= 15 is 0 Å². The van der Waals surface area contributed by atoms with E-state index in [0.717, 1.165) is 35.7 Å². The van der Waals surface area contributed by atoms with Crippen LogP contribution in [0.5, 0.6) is 0 Å². The Morgan fingerprint density at radius 1 is 1.33 bits per heavy atom. The molecule has 1 aromatic carbocycles. The number of Topliss-reactive ketones (excluding diaryl/α,β-unsaturated/α-hetero) is 1. The van der Waals surface area contributed by atoms with Crippen LogP contribution in [-0.4, -0.2) is 22.6 Å². The highest BCUT2D eigenvalue weighted by Crippen LogP contribution is 2.65. The number of benzene rings is 1. The molecule has 2 aliphatic heterocycles. The van der Waals surface area contributed by atoms with Gasteiger partial charge in [-0.25, -0.2) is 0 Å². The fraction of sp³-hybridized carbons (Fsp3) is 0.550. The molecule has 2 saturated heterocycles. The van der Waals surface area contributed by atoms with Crippen molar-refractivity contribution in [3.8, 4) is 0 Å². The molecule has 0 aromatic heterocycles. The molecule has 24 heavy (non-hydrogen) atoms. The monoisotopic (exact) mass is 390 g/mol. The molecular formula is C20H23BrO3. The first kappa shape index (κ1) is 16.5. The van der Waals surface area contributed by atoms with E-state index in [-0.39, 0.29) is 11.9 Å². The second kappa shape index (κ2) is 5.26. The van der Waals surface area contributed by atoms with E-state index in [0.29, 0.717) is 0 Å². The summed E-state index contributed by atoms with van der Waals surface area (Å²) < 4.78 is 13.6. The molecular weight excluding hydrogens is 368 g/mol. The molecule has 3 unspecified atom stereocenters. The summed E-state index contributed by atoms with van der Waals surface area (Å²) in [5.41, 5.74) is 0.0525. The van der Waals surface area contributed by atoms with Crippen LogP contribution in [0.2, 0.25) is 0 Å². The molecule has 2 heterocycles.